The smallest absolute Gasteiger partial charge is 0.388 e. The van der Waals surface area contributed by atoms with Gasteiger partial charge in [-0.15, -0.1) is 5.10 Å². The quantitative estimate of drug-likeness (QED) is 0.698. The van der Waals surface area contributed by atoms with Crippen molar-refractivity contribution in [2.24, 2.45) is 0 Å². The minimum atomic E-state index is -0.773. The lowest BCUT2D eigenvalue weighted by atomic mass is 10.2. The van der Waals surface area contributed by atoms with Gasteiger partial charge in [-0.05, 0) is 30.3 Å². The monoisotopic (exact) mass is 384 g/mol. The van der Waals surface area contributed by atoms with Crippen LogP contribution in [-0.4, -0.2) is 40.1 Å². The van der Waals surface area contributed by atoms with E-state index in [9.17, 15) is 18.8 Å². The maximum absolute atomic E-state index is 13.1. The fourth-order valence-electron chi connectivity index (χ4n) is 2.42. The molecule has 1 aromatic heterocycles. The van der Waals surface area contributed by atoms with Crippen LogP contribution < -0.4 is 11.1 Å². The first-order valence-electron chi connectivity index (χ1n) is 8.35. The van der Waals surface area contributed by atoms with E-state index in [1.807, 2.05) is 6.07 Å². The minimum Gasteiger partial charge on any atom is -0.388 e. The summed E-state index contributed by atoms with van der Waals surface area (Å²) in [5.74, 6) is -2.17. The summed E-state index contributed by atoms with van der Waals surface area (Å²) < 4.78 is 19.1. The minimum absolute atomic E-state index is 0.102. The van der Waals surface area contributed by atoms with E-state index in [4.69, 9.17) is 4.42 Å². The Balaban J connectivity index is 1.60. The molecular weight excluding hydrogens is 367 g/mol. The number of hydrogen-bond acceptors (Lipinski definition) is 5. The number of carbonyl (C=O) groups is 2. The van der Waals surface area contributed by atoms with Crippen LogP contribution in [0.25, 0.3) is 11.5 Å². The average molecular weight is 384 g/mol. The molecule has 0 saturated carbocycles. The Kier molecular flexibility index (Phi) is 5.64. The Bertz CT molecular complexity index is 1050. The number of carbonyl (C=O) groups excluding carboxylic acids is 2. The SMILES string of the molecule is CN(CC(=O)Nc1cccc(F)c1)C(=O)Cn1nc(-c2ccccc2)oc1=O. The second kappa shape index (κ2) is 8.30. The number of rotatable bonds is 6. The Labute approximate surface area is 159 Å². The zero-order valence-corrected chi connectivity index (χ0v) is 15.0. The fourth-order valence-corrected chi connectivity index (χ4v) is 2.42. The third-order valence-corrected chi connectivity index (χ3v) is 3.83. The summed E-state index contributed by atoms with van der Waals surface area (Å²) in [5, 5.41) is 6.50. The molecule has 2 amide bonds. The van der Waals surface area contributed by atoms with Gasteiger partial charge in [0.1, 0.15) is 12.4 Å². The summed E-state index contributed by atoms with van der Waals surface area (Å²) in [6, 6.07) is 14.2. The van der Waals surface area contributed by atoms with Gasteiger partial charge in [-0.3, -0.25) is 9.59 Å². The Morgan fingerprint density at radius 1 is 1.18 bits per heavy atom. The van der Waals surface area contributed by atoms with E-state index in [0.717, 1.165) is 9.58 Å². The van der Waals surface area contributed by atoms with E-state index in [1.165, 1.54) is 31.3 Å². The van der Waals surface area contributed by atoms with Crippen molar-refractivity contribution in [3.05, 3.63) is 71.0 Å². The summed E-state index contributed by atoms with van der Waals surface area (Å²) in [4.78, 5) is 37.4. The predicted molar refractivity (Wildman–Crippen MR) is 98.9 cm³/mol. The second-order valence-electron chi connectivity index (χ2n) is 6.01. The molecule has 0 unspecified atom stereocenters. The average Bonchev–Trinajstić information content (AvgIpc) is 3.03. The van der Waals surface area contributed by atoms with E-state index >= 15 is 0 Å². The summed E-state index contributed by atoms with van der Waals surface area (Å²) in [6.45, 7) is -0.646. The molecular formula is C19H17FN4O4. The van der Waals surface area contributed by atoms with Crippen LogP contribution in [0.3, 0.4) is 0 Å². The molecule has 0 atom stereocenters. The highest BCUT2D eigenvalue weighted by atomic mass is 19.1. The number of nitrogens with one attached hydrogen (secondary N) is 1. The first-order valence-corrected chi connectivity index (χ1v) is 8.35. The molecule has 0 aliphatic carbocycles. The molecule has 0 aliphatic heterocycles. The maximum atomic E-state index is 13.1. The number of hydrogen-bond donors (Lipinski definition) is 1. The zero-order valence-electron chi connectivity index (χ0n) is 15.0. The summed E-state index contributed by atoms with van der Waals surface area (Å²) >= 11 is 0. The lowest BCUT2D eigenvalue weighted by Crippen LogP contribution is -2.38. The van der Waals surface area contributed by atoms with Crippen LogP contribution in [0.4, 0.5) is 10.1 Å². The van der Waals surface area contributed by atoms with Crippen molar-refractivity contribution < 1.29 is 18.4 Å². The molecule has 0 bridgehead atoms. The van der Waals surface area contributed by atoms with Crippen molar-refractivity contribution in [2.75, 3.05) is 18.9 Å². The Morgan fingerprint density at radius 3 is 2.64 bits per heavy atom. The van der Waals surface area contributed by atoms with Gasteiger partial charge >= 0.3 is 5.76 Å². The number of halogens is 1. The van der Waals surface area contributed by atoms with E-state index < -0.39 is 23.4 Å². The van der Waals surface area contributed by atoms with Crippen LogP contribution in [0.5, 0.6) is 0 Å². The molecule has 9 heteroatoms. The van der Waals surface area contributed by atoms with E-state index in [2.05, 4.69) is 10.4 Å². The van der Waals surface area contributed by atoms with Gasteiger partial charge in [-0.2, -0.15) is 4.68 Å². The summed E-state index contributed by atoms with van der Waals surface area (Å²) in [7, 11) is 1.41. The highest BCUT2D eigenvalue weighted by Crippen LogP contribution is 2.14. The van der Waals surface area contributed by atoms with Crippen LogP contribution in [0.2, 0.25) is 0 Å². The number of amides is 2. The normalized spacial score (nSPS) is 10.5. The van der Waals surface area contributed by atoms with Gasteiger partial charge in [0.25, 0.3) is 0 Å². The largest absolute Gasteiger partial charge is 0.437 e. The molecule has 1 N–H and O–H groups in total. The standard InChI is InChI=1S/C19H17FN4O4/c1-23(11-16(25)21-15-9-5-8-14(20)10-15)17(26)12-24-19(27)28-18(22-24)13-6-3-2-4-7-13/h2-10H,11-12H2,1H3,(H,21,25). The van der Waals surface area contributed by atoms with Crippen molar-refractivity contribution >= 4 is 17.5 Å². The molecule has 0 fully saturated rings. The van der Waals surface area contributed by atoms with Gasteiger partial charge in [0.2, 0.25) is 17.7 Å². The molecule has 1 heterocycles. The molecule has 2 aromatic carbocycles. The van der Waals surface area contributed by atoms with Gasteiger partial charge in [0.15, 0.2) is 0 Å². The number of anilines is 1. The van der Waals surface area contributed by atoms with Crippen LogP contribution >= 0.6 is 0 Å². The predicted octanol–water partition coefficient (Wildman–Crippen LogP) is 1.74. The first kappa shape index (κ1) is 19.0. The molecule has 144 valence electrons. The molecule has 3 rings (SSSR count). The molecule has 3 aromatic rings. The van der Waals surface area contributed by atoms with Crippen molar-refractivity contribution in [1.29, 1.82) is 0 Å². The van der Waals surface area contributed by atoms with Gasteiger partial charge in [-0.25, -0.2) is 9.18 Å². The molecule has 0 saturated heterocycles. The van der Waals surface area contributed by atoms with Crippen LogP contribution in [-0.2, 0) is 16.1 Å². The second-order valence-corrected chi connectivity index (χ2v) is 6.01. The molecule has 0 aliphatic rings. The van der Waals surface area contributed by atoms with Gasteiger partial charge in [0.05, 0.1) is 6.54 Å². The van der Waals surface area contributed by atoms with Crippen LogP contribution in [0, 0.1) is 5.82 Å². The number of nitrogens with zero attached hydrogens (tertiary/aromatic N) is 3. The number of aromatic nitrogens is 2. The van der Waals surface area contributed by atoms with E-state index in [0.29, 0.717) is 5.56 Å². The first-order chi connectivity index (χ1) is 13.4. The van der Waals surface area contributed by atoms with Crippen LogP contribution in [0.1, 0.15) is 0 Å². The van der Waals surface area contributed by atoms with Crippen molar-refractivity contribution in [2.45, 2.75) is 6.54 Å². The summed E-state index contributed by atoms with van der Waals surface area (Å²) in [5.41, 5.74) is 0.889. The highest BCUT2D eigenvalue weighted by molar-refractivity contribution is 5.94. The van der Waals surface area contributed by atoms with Gasteiger partial charge in [-0.1, -0.05) is 24.3 Å². The number of likely N-dealkylation sites (N-methyl/N-ethyl adjacent to an activating group) is 1. The molecule has 0 radical (unpaired) electrons. The highest BCUT2D eigenvalue weighted by Gasteiger charge is 2.17. The lowest BCUT2D eigenvalue weighted by Gasteiger charge is -2.16. The summed E-state index contributed by atoms with van der Waals surface area (Å²) in [6.07, 6.45) is 0. The third kappa shape index (κ3) is 4.70. The third-order valence-electron chi connectivity index (χ3n) is 3.83. The Hall–Kier alpha value is -3.75. The van der Waals surface area contributed by atoms with E-state index in [-0.39, 0.29) is 24.7 Å². The van der Waals surface area contributed by atoms with E-state index in [1.54, 1.807) is 24.3 Å². The van der Waals surface area contributed by atoms with Crippen molar-refractivity contribution in [1.82, 2.24) is 14.7 Å². The number of benzene rings is 2. The zero-order chi connectivity index (χ0) is 20.1. The topological polar surface area (TPSA) is 97.4 Å². The molecule has 28 heavy (non-hydrogen) atoms. The van der Waals surface area contributed by atoms with Crippen molar-refractivity contribution in [3.63, 3.8) is 0 Å². The Morgan fingerprint density at radius 2 is 1.93 bits per heavy atom. The van der Waals surface area contributed by atoms with Crippen molar-refractivity contribution in [3.8, 4) is 11.5 Å². The fraction of sp³-hybridized carbons (Fsp3) is 0.158. The maximum Gasteiger partial charge on any atom is 0.437 e. The van der Waals surface area contributed by atoms with Gasteiger partial charge < -0.3 is 14.6 Å². The molecule has 8 nitrogen and oxygen atoms in total. The van der Waals surface area contributed by atoms with Crippen LogP contribution in [0.15, 0.2) is 63.8 Å². The van der Waals surface area contributed by atoms with Gasteiger partial charge in [0, 0.05) is 18.3 Å². The lowest BCUT2D eigenvalue weighted by molar-refractivity contribution is -0.134. The molecule has 0 spiro atoms.